The number of anilines is 1. The normalized spacial score (nSPS) is 24.7. The lowest BCUT2D eigenvalue weighted by molar-refractivity contribution is 0.561. The van der Waals surface area contributed by atoms with E-state index < -0.39 is 9.84 Å². The maximum atomic E-state index is 11.4. The predicted molar refractivity (Wildman–Crippen MR) is 57.3 cm³/mol. The highest BCUT2D eigenvalue weighted by atomic mass is 32.2. The summed E-state index contributed by atoms with van der Waals surface area (Å²) in [5, 5.41) is 3.08. The Hall–Kier alpha value is -1.17. The molecule has 5 nitrogen and oxygen atoms in total. The molecule has 1 aliphatic heterocycles. The number of nitrogens with zero attached hydrogens (tertiary/aromatic N) is 2. The summed E-state index contributed by atoms with van der Waals surface area (Å²) in [5.74, 6) is 1.15. The maximum absolute atomic E-state index is 11.4. The Kier molecular flexibility index (Phi) is 2.86. The van der Waals surface area contributed by atoms with Gasteiger partial charge in [0.2, 0.25) is 0 Å². The molecule has 1 N–H and O–H groups in total. The van der Waals surface area contributed by atoms with Gasteiger partial charge in [0.15, 0.2) is 9.84 Å². The van der Waals surface area contributed by atoms with Crippen molar-refractivity contribution in [3.8, 4) is 0 Å². The quantitative estimate of drug-likeness (QED) is 0.795. The van der Waals surface area contributed by atoms with Crippen LogP contribution in [-0.2, 0) is 9.84 Å². The van der Waals surface area contributed by atoms with Gasteiger partial charge >= 0.3 is 0 Å². The molecule has 6 heteroatoms. The summed E-state index contributed by atoms with van der Waals surface area (Å²) in [5.41, 5.74) is 0. The van der Waals surface area contributed by atoms with Crippen LogP contribution in [-0.4, -0.2) is 35.9 Å². The van der Waals surface area contributed by atoms with Crippen molar-refractivity contribution in [3.63, 3.8) is 0 Å². The van der Waals surface area contributed by atoms with Crippen LogP contribution >= 0.6 is 0 Å². The summed E-state index contributed by atoms with van der Waals surface area (Å²) in [4.78, 5) is 7.96. The third-order valence-corrected chi connectivity index (χ3v) is 4.20. The van der Waals surface area contributed by atoms with Gasteiger partial charge < -0.3 is 5.32 Å². The molecule has 1 saturated heterocycles. The van der Waals surface area contributed by atoms with Crippen LogP contribution in [0.1, 0.15) is 12.8 Å². The molecule has 15 heavy (non-hydrogen) atoms. The molecule has 2 heterocycles. The topological polar surface area (TPSA) is 72.0 Å². The molecule has 1 aromatic rings. The van der Waals surface area contributed by atoms with E-state index in [9.17, 15) is 8.42 Å². The number of hydrogen-bond donors (Lipinski definition) is 1. The highest BCUT2D eigenvalue weighted by Crippen LogP contribution is 2.15. The van der Waals surface area contributed by atoms with Gasteiger partial charge in [0, 0.05) is 18.4 Å². The van der Waals surface area contributed by atoms with Crippen molar-refractivity contribution in [3.05, 3.63) is 18.6 Å². The SMILES string of the molecule is O=S1(=O)CCCC(Nc2cnccn2)C1. The highest BCUT2D eigenvalue weighted by Gasteiger charge is 2.24. The van der Waals surface area contributed by atoms with Crippen LogP contribution in [0, 0.1) is 0 Å². The first-order valence-electron chi connectivity index (χ1n) is 4.89. The van der Waals surface area contributed by atoms with Crippen LogP contribution in [0.4, 0.5) is 5.82 Å². The Morgan fingerprint density at radius 1 is 1.40 bits per heavy atom. The average molecular weight is 227 g/mol. The van der Waals surface area contributed by atoms with Gasteiger partial charge in [-0.25, -0.2) is 13.4 Å². The number of aromatic nitrogens is 2. The van der Waals surface area contributed by atoms with Crippen molar-refractivity contribution in [2.75, 3.05) is 16.8 Å². The third kappa shape index (κ3) is 2.89. The summed E-state index contributed by atoms with van der Waals surface area (Å²) in [6.45, 7) is 0. The van der Waals surface area contributed by atoms with Crippen LogP contribution in [0.3, 0.4) is 0 Å². The van der Waals surface area contributed by atoms with Crippen molar-refractivity contribution >= 4 is 15.7 Å². The van der Waals surface area contributed by atoms with Crippen LogP contribution in [0.2, 0.25) is 0 Å². The summed E-state index contributed by atoms with van der Waals surface area (Å²) in [6, 6.07) is -0.0274. The Bertz CT molecular complexity index is 418. The number of rotatable bonds is 2. The van der Waals surface area contributed by atoms with Crippen LogP contribution in [0.5, 0.6) is 0 Å². The molecule has 1 atom stereocenters. The van der Waals surface area contributed by atoms with Gasteiger partial charge in [0.05, 0.1) is 17.7 Å². The lowest BCUT2D eigenvalue weighted by atomic mass is 10.2. The van der Waals surface area contributed by atoms with Crippen LogP contribution < -0.4 is 5.32 Å². The Labute approximate surface area is 88.9 Å². The highest BCUT2D eigenvalue weighted by molar-refractivity contribution is 7.91. The average Bonchev–Trinajstić information content (AvgIpc) is 2.17. The van der Waals surface area contributed by atoms with E-state index in [0.717, 1.165) is 12.8 Å². The molecule has 0 aliphatic carbocycles. The molecule has 1 fully saturated rings. The second kappa shape index (κ2) is 4.14. The van der Waals surface area contributed by atoms with Gasteiger partial charge in [-0.15, -0.1) is 0 Å². The molecule has 0 aromatic carbocycles. The molecule has 1 aromatic heterocycles. The fourth-order valence-corrected chi connectivity index (χ4v) is 3.36. The number of hydrogen-bond acceptors (Lipinski definition) is 5. The standard InChI is InChI=1S/C9H13N3O2S/c13-15(14)5-1-2-8(7-15)12-9-6-10-3-4-11-9/h3-4,6,8H,1-2,5,7H2,(H,11,12). The lowest BCUT2D eigenvalue weighted by Crippen LogP contribution is -2.35. The van der Waals surface area contributed by atoms with Gasteiger partial charge in [-0.2, -0.15) is 0 Å². The van der Waals surface area contributed by atoms with Gasteiger partial charge in [-0.3, -0.25) is 4.98 Å². The summed E-state index contributed by atoms with van der Waals surface area (Å²) in [7, 11) is -2.86. The zero-order valence-corrected chi connectivity index (χ0v) is 9.07. The Balaban J connectivity index is 2.01. The van der Waals surface area contributed by atoms with E-state index >= 15 is 0 Å². The second-order valence-electron chi connectivity index (χ2n) is 3.69. The van der Waals surface area contributed by atoms with E-state index in [0.29, 0.717) is 11.6 Å². The molecule has 0 bridgehead atoms. The van der Waals surface area contributed by atoms with Crippen molar-refractivity contribution in [2.45, 2.75) is 18.9 Å². The van der Waals surface area contributed by atoms with E-state index in [1.54, 1.807) is 18.6 Å². The third-order valence-electron chi connectivity index (χ3n) is 2.38. The van der Waals surface area contributed by atoms with E-state index in [4.69, 9.17) is 0 Å². The lowest BCUT2D eigenvalue weighted by Gasteiger charge is -2.23. The Morgan fingerprint density at radius 3 is 2.93 bits per heavy atom. The minimum atomic E-state index is -2.86. The van der Waals surface area contributed by atoms with Crippen molar-refractivity contribution in [2.24, 2.45) is 0 Å². The Morgan fingerprint density at radius 2 is 2.27 bits per heavy atom. The van der Waals surface area contributed by atoms with Crippen LogP contribution in [0.15, 0.2) is 18.6 Å². The minimum Gasteiger partial charge on any atom is -0.365 e. The molecular formula is C9H13N3O2S. The summed E-state index contributed by atoms with van der Waals surface area (Å²) < 4.78 is 22.8. The maximum Gasteiger partial charge on any atom is 0.152 e. The van der Waals surface area contributed by atoms with Gasteiger partial charge in [0.1, 0.15) is 5.82 Å². The zero-order valence-electron chi connectivity index (χ0n) is 8.26. The monoisotopic (exact) mass is 227 g/mol. The first-order valence-corrected chi connectivity index (χ1v) is 6.71. The number of sulfone groups is 1. The molecule has 82 valence electrons. The van der Waals surface area contributed by atoms with Gasteiger partial charge in [-0.1, -0.05) is 0 Å². The van der Waals surface area contributed by atoms with Gasteiger partial charge in [-0.05, 0) is 12.8 Å². The van der Waals surface area contributed by atoms with E-state index in [-0.39, 0.29) is 11.8 Å². The van der Waals surface area contributed by atoms with Crippen molar-refractivity contribution < 1.29 is 8.42 Å². The molecule has 0 radical (unpaired) electrons. The molecule has 0 saturated carbocycles. The molecule has 0 amide bonds. The van der Waals surface area contributed by atoms with Crippen molar-refractivity contribution in [1.82, 2.24) is 9.97 Å². The van der Waals surface area contributed by atoms with Gasteiger partial charge in [0.25, 0.3) is 0 Å². The second-order valence-corrected chi connectivity index (χ2v) is 5.92. The number of nitrogens with one attached hydrogen (secondary N) is 1. The van der Waals surface area contributed by atoms with E-state index in [1.807, 2.05) is 0 Å². The first kappa shape index (κ1) is 10.4. The fraction of sp³-hybridized carbons (Fsp3) is 0.556. The molecule has 2 rings (SSSR count). The summed E-state index contributed by atoms with van der Waals surface area (Å²) in [6.07, 6.45) is 6.36. The predicted octanol–water partition coefficient (Wildman–Crippen LogP) is 0.466. The fourth-order valence-electron chi connectivity index (χ4n) is 1.72. The smallest absolute Gasteiger partial charge is 0.152 e. The first-order chi connectivity index (χ1) is 7.16. The van der Waals surface area contributed by atoms with Crippen molar-refractivity contribution in [1.29, 1.82) is 0 Å². The minimum absolute atomic E-state index is 0.0274. The largest absolute Gasteiger partial charge is 0.365 e. The molecule has 1 unspecified atom stereocenters. The summed E-state index contributed by atoms with van der Waals surface area (Å²) >= 11 is 0. The zero-order chi connectivity index (χ0) is 10.7. The molecule has 1 aliphatic rings. The van der Waals surface area contributed by atoms with E-state index in [2.05, 4.69) is 15.3 Å². The molecule has 0 spiro atoms. The molecular weight excluding hydrogens is 214 g/mol. The van der Waals surface area contributed by atoms with Crippen LogP contribution in [0.25, 0.3) is 0 Å². The van der Waals surface area contributed by atoms with E-state index in [1.165, 1.54) is 0 Å².